The maximum atomic E-state index is 13.7. The summed E-state index contributed by atoms with van der Waals surface area (Å²) in [5.74, 6) is 0.0795. The third-order valence-electron chi connectivity index (χ3n) is 5.25. The second-order valence-electron chi connectivity index (χ2n) is 7.51. The molecule has 1 atom stereocenters. The van der Waals surface area contributed by atoms with Crippen molar-refractivity contribution in [3.05, 3.63) is 94.4 Å². The van der Waals surface area contributed by atoms with Crippen LogP contribution in [-0.2, 0) is 0 Å². The minimum Gasteiger partial charge on any atom is -0.494 e. The zero-order valence-electron chi connectivity index (χ0n) is 18.3. The quantitative estimate of drug-likeness (QED) is 0.481. The Morgan fingerprint density at radius 1 is 1.21 bits per heavy atom. The molecule has 0 unspecified atom stereocenters. The van der Waals surface area contributed by atoms with Gasteiger partial charge >= 0.3 is 0 Å². The number of aryl methyl sites for hydroxylation is 1. The summed E-state index contributed by atoms with van der Waals surface area (Å²) in [5, 5.41) is 12.6. The summed E-state index contributed by atoms with van der Waals surface area (Å²) in [4.78, 5) is 21.3. The fourth-order valence-corrected chi connectivity index (χ4v) is 3.53. The van der Waals surface area contributed by atoms with E-state index >= 15 is 0 Å². The van der Waals surface area contributed by atoms with Crippen LogP contribution in [0.3, 0.4) is 0 Å². The maximum absolute atomic E-state index is 13.7. The van der Waals surface area contributed by atoms with Crippen LogP contribution in [0.2, 0.25) is 0 Å². The Kier molecular flexibility index (Phi) is 5.91. The lowest BCUT2D eigenvalue weighted by Crippen LogP contribution is -2.26. The van der Waals surface area contributed by atoms with Crippen LogP contribution >= 0.6 is 0 Å². The van der Waals surface area contributed by atoms with Crippen LogP contribution in [0.4, 0.5) is 15.8 Å². The number of hydrogen-bond acceptors (Lipinski definition) is 6. The summed E-state index contributed by atoms with van der Waals surface area (Å²) in [5.41, 5.74) is 2.91. The topological polar surface area (TPSA) is 97.8 Å². The molecule has 3 heterocycles. The van der Waals surface area contributed by atoms with Gasteiger partial charge < -0.3 is 19.2 Å². The van der Waals surface area contributed by atoms with E-state index in [0.717, 1.165) is 17.6 Å². The molecule has 0 aliphatic carbocycles. The summed E-state index contributed by atoms with van der Waals surface area (Å²) < 4.78 is 22.4. The van der Waals surface area contributed by atoms with Gasteiger partial charge in [-0.1, -0.05) is 0 Å². The van der Waals surface area contributed by atoms with Gasteiger partial charge in [-0.15, -0.1) is 0 Å². The Labute approximate surface area is 189 Å². The van der Waals surface area contributed by atoms with Crippen LogP contribution in [-0.4, -0.2) is 26.2 Å². The molecule has 0 aliphatic heterocycles. The predicted octanol–water partition coefficient (Wildman–Crippen LogP) is 4.11. The van der Waals surface area contributed by atoms with Gasteiger partial charge in [-0.25, -0.2) is 9.37 Å². The summed E-state index contributed by atoms with van der Waals surface area (Å²) in [6, 6.07) is 9.74. The zero-order valence-corrected chi connectivity index (χ0v) is 18.3. The fraction of sp³-hybridized carbons (Fsp3) is 0.167. The molecule has 3 aromatic heterocycles. The average Bonchev–Trinajstić information content (AvgIpc) is 3.25. The van der Waals surface area contributed by atoms with Crippen molar-refractivity contribution in [1.82, 2.24) is 19.1 Å². The second-order valence-corrected chi connectivity index (χ2v) is 7.51. The van der Waals surface area contributed by atoms with E-state index in [9.17, 15) is 14.4 Å². The molecule has 4 rings (SSSR count). The number of nitrogens with zero attached hydrogens (tertiary/aromatic N) is 5. The van der Waals surface area contributed by atoms with Crippen molar-refractivity contribution >= 4 is 11.4 Å². The SMILES string of the molecule is COc1cc(Nc2cc(C#N)cn([C@@H](C)c3cncc(F)c3)c2=O)ccc1-n1cnc(C)c1. The van der Waals surface area contributed by atoms with E-state index in [2.05, 4.69) is 21.4 Å². The summed E-state index contributed by atoms with van der Waals surface area (Å²) in [6.07, 6.45) is 7.61. The number of nitriles is 1. The highest BCUT2D eigenvalue weighted by molar-refractivity contribution is 5.65. The van der Waals surface area contributed by atoms with Gasteiger partial charge in [0.25, 0.3) is 5.56 Å². The van der Waals surface area contributed by atoms with Gasteiger partial charge in [-0.3, -0.25) is 9.78 Å². The molecule has 0 saturated carbocycles. The van der Waals surface area contributed by atoms with Crippen molar-refractivity contribution in [3.63, 3.8) is 0 Å². The van der Waals surface area contributed by atoms with E-state index < -0.39 is 11.9 Å². The number of aromatic nitrogens is 4. The van der Waals surface area contributed by atoms with Crippen molar-refractivity contribution < 1.29 is 9.13 Å². The van der Waals surface area contributed by atoms with Gasteiger partial charge in [0.15, 0.2) is 0 Å². The van der Waals surface area contributed by atoms with Crippen LogP contribution in [0.1, 0.15) is 29.8 Å². The normalized spacial score (nSPS) is 11.6. The van der Waals surface area contributed by atoms with E-state index in [4.69, 9.17) is 4.74 Å². The summed E-state index contributed by atoms with van der Waals surface area (Å²) in [7, 11) is 1.56. The van der Waals surface area contributed by atoms with Crippen molar-refractivity contribution in [2.75, 3.05) is 12.4 Å². The Hall–Kier alpha value is -4.45. The Morgan fingerprint density at radius 2 is 2.03 bits per heavy atom. The number of hydrogen-bond donors (Lipinski definition) is 1. The molecule has 33 heavy (non-hydrogen) atoms. The highest BCUT2D eigenvalue weighted by Gasteiger charge is 2.16. The fourth-order valence-electron chi connectivity index (χ4n) is 3.53. The molecule has 0 saturated heterocycles. The monoisotopic (exact) mass is 444 g/mol. The lowest BCUT2D eigenvalue weighted by molar-refractivity contribution is 0.413. The highest BCUT2D eigenvalue weighted by Crippen LogP contribution is 2.28. The molecule has 8 nitrogen and oxygen atoms in total. The molecule has 0 bridgehead atoms. The standard InChI is InChI=1S/C24H21FN6O2/c1-15-12-30(14-28-15)22-5-4-20(8-23(22)33-3)29-21-6-17(9-26)13-31(24(21)32)16(2)18-7-19(25)11-27-10-18/h4-8,10-14,16,29H,1-3H3/t16-/m0/s1. The van der Waals surface area contributed by atoms with Gasteiger partial charge in [-0.2, -0.15) is 5.26 Å². The average molecular weight is 444 g/mol. The molecular formula is C24H21FN6O2. The number of anilines is 2. The Balaban J connectivity index is 1.72. The molecule has 9 heteroatoms. The molecule has 0 aliphatic rings. The minimum atomic E-state index is -0.532. The largest absolute Gasteiger partial charge is 0.494 e. The van der Waals surface area contributed by atoms with Crippen LogP contribution in [0.5, 0.6) is 5.75 Å². The lowest BCUT2D eigenvalue weighted by Gasteiger charge is -2.18. The van der Waals surface area contributed by atoms with Gasteiger partial charge in [0.1, 0.15) is 23.3 Å². The van der Waals surface area contributed by atoms with Crippen molar-refractivity contribution in [1.29, 1.82) is 5.26 Å². The molecule has 166 valence electrons. The van der Waals surface area contributed by atoms with Crippen molar-refractivity contribution in [2.45, 2.75) is 19.9 Å². The van der Waals surface area contributed by atoms with Crippen LogP contribution in [0.15, 0.2) is 66.2 Å². The van der Waals surface area contributed by atoms with Gasteiger partial charge in [0.05, 0.1) is 42.6 Å². The number of ether oxygens (including phenoxy) is 1. The van der Waals surface area contributed by atoms with Crippen LogP contribution in [0.25, 0.3) is 5.69 Å². The van der Waals surface area contributed by atoms with E-state index in [1.165, 1.54) is 29.1 Å². The highest BCUT2D eigenvalue weighted by atomic mass is 19.1. The Morgan fingerprint density at radius 3 is 2.70 bits per heavy atom. The molecular weight excluding hydrogens is 423 g/mol. The first-order valence-corrected chi connectivity index (χ1v) is 10.1. The van der Waals surface area contributed by atoms with E-state index in [-0.39, 0.29) is 16.8 Å². The molecule has 0 radical (unpaired) electrons. The van der Waals surface area contributed by atoms with Gasteiger partial charge in [-0.05, 0) is 43.7 Å². The number of nitrogens with one attached hydrogen (secondary N) is 1. The van der Waals surface area contributed by atoms with E-state index in [1.54, 1.807) is 32.5 Å². The van der Waals surface area contributed by atoms with Crippen molar-refractivity contribution in [3.8, 4) is 17.5 Å². The molecule has 4 aromatic rings. The van der Waals surface area contributed by atoms with Gasteiger partial charge in [0, 0.05) is 30.3 Å². The van der Waals surface area contributed by atoms with E-state index in [1.807, 2.05) is 23.8 Å². The third-order valence-corrected chi connectivity index (χ3v) is 5.25. The number of pyridine rings is 2. The minimum absolute atomic E-state index is 0.207. The third kappa shape index (κ3) is 4.45. The molecule has 0 spiro atoms. The zero-order chi connectivity index (χ0) is 23.5. The first-order chi connectivity index (χ1) is 15.9. The number of benzene rings is 1. The Bertz CT molecular complexity index is 1420. The number of halogens is 1. The number of imidazole rings is 1. The summed E-state index contributed by atoms with van der Waals surface area (Å²) >= 11 is 0. The molecule has 0 amide bonds. The smallest absolute Gasteiger partial charge is 0.274 e. The summed E-state index contributed by atoms with van der Waals surface area (Å²) in [6.45, 7) is 3.64. The predicted molar refractivity (Wildman–Crippen MR) is 122 cm³/mol. The molecule has 0 fully saturated rings. The van der Waals surface area contributed by atoms with Crippen molar-refractivity contribution in [2.24, 2.45) is 0 Å². The first-order valence-electron chi connectivity index (χ1n) is 10.1. The second kappa shape index (κ2) is 8.96. The molecule has 1 N–H and O–H groups in total. The van der Waals surface area contributed by atoms with Crippen LogP contribution in [0, 0.1) is 24.1 Å². The van der Waals surface area contributed by atoms with Crippen LogP contribution < -0.4 is 15.6 Å². The maximum Gasteiger partial charge on any atom is 0.274 e. The molecule has 1 aromatic carbocycles. The van der Waals surface area contributed by atoms with Gasteiger partial charge in [0.2, 0.25) is 0 Å². The van der Waals surface area contributed by atoms with E-state index in [0.29, 0.717) is 17.0 Å². The lowest BCUT2D eigenvalue weighted by atomic mass is 10.1. The first kappa shape index (κ1) is 21.8. The number of methoxy groups -OCH3 is 1. The number of rotatable bonds is 6.